The molecule has 1 rings (SSSR count). The summed E-state index contributed by atoms with van der Waals surface area (Å²) in [5.74, 6) is -0.483. The molecule has 124 valence electrons. The minimum absolute atomic E-state index is 0. The van der Waals surface area contributed by atoms with E-state index in [0.29, 0.717) is 24.9 Å². The molecule has 0 spiro atoms. The van der Waals surface area contributed by atoms with Gasteiger partial charge in [-0.3, -0.25) is 4.79 Å². The average Bonchev–Trinajstić information content (AvgIpc) is 2.47. The van der Waals surface area contributed by atoms with Crippen molar-refractivity contribution in [2.75, 3.05) is 13.7 Å². The van der Waals surface area contributed by atoms with Gasteiger partial charge in [-0.05, 0) is 37.5 Å². The highest BCUT2D eigenvalue weighted by atomic mass is 35.5. The summed E-state index contributed by atoms with van der Waals surface area (Å²) in [6.07, 6.45) is 2.22. The summed E-state index contributed by atoms with van der Waals surface area (Å²) < 4.78 is 4.64. The first kappa shape index (κ1) is 20.4. The second-order valence-electron chi connectivity index (χ2n) is 5.36. The molecule has 0 radical (unpaired) electrons. The topological polar surface area (TPSA) is 81.4 Å². The summed E-state index contributed by atoms with van der Waals surface area (Å²) in [6, 6.07) is 7.14. The van der Waals surface area contributed by atoms with Crippen LogP contribution in [0.5, 0.6) is 0 Å². The molecule has 0 aliphatic rings. The normalized spacial score (nSPS) is 12.7. The van der Waals surface area contributed by atoms with Gasteiger partial charge in [0.15, 0.2) is 0 Å². The summed E-state index contributed by atoms with van der Waals surface area (Å²) in [5.41, 5.74) is 6.69. The molecule has 3 N–H and O–H groups in total. The lowest BCUT2D eigenvalue weighted by atomic mass is 9.96. The third kappa shape index (κ3) is 6.03. The molecule has 0 saturated heterocycles. The number of carbonyl (C=O) groups is 2. The van der Waals surface area contributed by atoms with Crippen molar-refractivity contribution in [2.24, 2.45) is 5.73 Å². The molecular formula is C16H25ClN2O3. The quantitative estimate of drug-likeness (QED) is 0.751. The number of carbonyl (C=O) groups excluding carboxylic acids is 2. The van der Waals surface area contributed by atoms with Crippen molar-refractivity contribution >= 4 is 24.3 Å². The Morgan fingerprint density at radius 1 is 1.27 bits per heavy atom. The van der Waals surface area contributed by atoms with Gasteiger partial charge in [-0.2, -0.15) is 0 Å². The van der Waals surface area contributed by atoms with Crippen molar-refractivity contribution < 1.29 is 14.3 Å². The monoisotopic (exact) mass is 328 g/mol. The van der Waals surface area contributed by atoms with Crippen molar-refractivity contribution in [3.8, 4) is 0 Å². The maximum absolute atomic E-state index is 11.9. The zero-order chi connectivity index (χ0) is 15.9. The van der Waals surface area contributed by atoms with Gasteiger partial charge in [0, 0.05) is 6.54 Å². The fraction of sp³-hybridized carbons (Fsp3) is 0.500. The molecule has 0 fully saturated rings. The van der Waals surface area contributed by atoms with Gasteiger partial charge < -0.3 is 15.8 Å². The van der Waals surface area contributed by atoms with Gasteiger partial charge in [-0.25, -0.2) is 4.79 Å². The van der Waals surface area contributed by atoms with Gasteiger partial charge in [0.2, 0.25) is 5.91 Å². The van der Waals surface area contributed by atoms with Crippen LogP contribution in [0.25, 0.3) is 0 Å². The van der Waals surface area contributed by atoms with E-state index in [-0.39, 0.29) is 24.3 Å². The van der Waals surface area contributed by atoms with E-state index in [4.69, 9.17) is 5.73 Å². The standard InChI is InChI=1S/C16H24N2O3.ClH/c1-4-10-16(2,17)15(20)18-11-9-12-5-7-13(8-6-12)14(19)21-3;/h5-8H,4,9-11,17H2,1-3H3,(H,18,20);1H. The number of amides is 1. The van der Waals surface area contributed by atoms with Crippen LogP contribution in [0.4, 0.5) is 0 Å². The number of methoxy groups -OCH3 is 1. The highest BCUT2D eigenvalue weighted by Crippen LogP contribution is 2.09. The summed E-state index contributed by atoms with van der Waals surface area (Å²) in [7, 11) is 1.35. The first-order valence-electron chi connectivity index (χ1n) is 7.15. The van der Waals surface area contributed by atoms with Crippen molar-refractivity contribution in [3.63, 3.8) is 0 Å². The summed E-state index contributed by atoms with van der Waals surface area (Å²) in [6.45, 7) is 4.27. The molecule has 0 saturated carbocycles. The minimum Gasteiger partial charge on any atom is -0.465 e. The van der Waals surface area contributed by atoms with E-state index in [1.165, 1.54) is 7.11 Å². The first-order valence-corrected chi connectivity index (χ1v) is 7.15. The molecule has 22 heavy (non-hydrogen) atoms. The first-order chi connectivity index (χ1) is 9.90. The smallest absolute Gasteiger partial charge is 0.337 e. The molecule has 0 aromatic heterocycles. The van der Waals surface area contributed by atoms with Crippen LogP contribution < -0.4 is 11.1 Å². The molecule has 1 atom stereocenters. The maximum Gasteiger partial charge on any atom is 0.337 e. The van der Waals surface area contributed by atoms with Crippen LogP contribution in [0.3, 0.4) is 0 Å². The van der Waals surface area contributed by atoms with Crippen LogP contribution in [0.1, 0.15) is 42.6 Å². The summed E-state index contributed by atoms with van der Waals surface area (Å²) >= 11 is 0. The number of hydrogen-bond donors (Lipinski definition) is 2. The lowest BCUT2D eigenvalue weighted by Gasteiger charge is -2.22. The molecule has 1 unspecified atom stereocenters. The molecule has 1 amide bonds. The van der Waals surface area contributed by atoms with Gasteiger partial charge in [0.25, 0.3) is 0 Å². The Labute approximate surface area is 138 Å². The zero-order valence-electron chi connectivity index (χ0n) is 13.3. The summed E-state index contributed by atoms with van der Waals surface area (Å²) in [4.78, 5) is 23.2. The average molecular weight is 329 g/mol. The number of nitrogens with one attached hydrogen (secondary N) is 1. The number of rotatable bonds is 7. The van der Waals surface area contributed by atoms with E-state index in [1.54, 1.807) is 19.1 Å². The predicted octanol–water partition coefficient (Wildman–Crippen LogP) is 2.07. The highest BCUT2D eigenvalue weighted by Gasteiger charge is 2.26. The largest absolute Gasteiger partial charge is 0.465 e. The van der Waals surface area contributed by atoms with E-state index in [1.807, 2.05) is 19.1 Å². The van der Waals surface area contributed by atoms with E-state index >= 15 is 0 Å². The van der Waals surface area contributed by atoms with Crippen molar-refractivity contribution in [1.29, 1.82) is 0 Å². The molecule has 1 aromatic rings. The Morgan fingerprint density at radius 2 is 1.86 bits per heavy atom. The number of esters is 1. The molecule has 5 nitrogen and oxygen atoms in total. The molecule has 1 aromatic carbocycles. The lowest BCUT2D eigenvalue weighted by molar-refractivity contribution is -0.126. The number of hydrogen-bond acceptors (Lipinski definition) is 4. The van der Waals surface area contributed by atoms with Crippen molar-refractivity contribution in [3.05, 3.63) is 35.4 Å². The molecule has 0 heterocycles. The van der Waals surface area contributed by atoms with Crippen LogP contribution in [0.15, 0.2) is 24.3 Å². The number of ether oxygens (including phenoxy) is 1. The van der Waals surface area contributed by atoms with E-state index in [9.17, 15) is 9.59 Å². The van der Waals surface area contributed by atoms with Crippen LogP contribution in [0, 0.1) is 0 Å². The minimum atomic E-state index is -0.816. The van der Waals surface area contributed by atoms with E-state index in [2.05, 4.69) is 10.1 Å². The maximum atomic E-state index is 11.9. The van der Waals surface area contributed by atoms with Crippen molar-refractivity contribution in [2.45, 2.75) is 38.6 Å². The van der Waals surface area contributed by atoms with Crippen molar-refractivity contribution in [1.82, 2.24) is 5.32 Å². The van der Waals surface area contributed by atoms with Gasteiger partial charge in [-0.15, -0.1) is 12.4 Å². The molecule has 0 aliphatic carbocycles. The fourth-order valence-electron chi connectivity index (χ4n) is 2.08. The third-order valence-electron chi connectivity index (χ3n) is 3.36. The lowest BCUT2D eigenvalue weighted by Crippen LogP contribution is -2.51. The SMILES string of the molecule is CCCC(C)(N)C(=O)NCCc1ccc(C(=O)OC)cc1.Cl. The van der Waals surface area contributed by atoms with Crippen LogP contribution >= 0.6 is 12.4 Å². The Morgan fingerprint density at radius 3 is 2.36 bits per heavy atom. The van der Waals surface area contributed by atoms with Crippen LogP contribution in [-0.2, 0) is 16.0 Å². The molecule has 0 aliphatic heterocycles. The number of nitrogens with two attached hydrogens (primary N) is 1. The van der Waals surface area contributed by atoms with Gasteiger partial charge in [0.1, 0.15) is 0 Å². The van der Waals surface area contributed by atoms with E-state index < -0.39 is 5.54 Å². The van der Waals surface area contributed by atoms with Gasteiger partial charge >= 0.3 is 5.97 Å². The van der Waals surface area contributed by atoms with Gasteiger partial charge in [0.05, 0.1) is 18.2 Å². The number of halogens is 1. The second kappa shape index (κ2) is 9.43. The Kier molecular flexibility index (Phi) is 8.75. The summed E-state index contributed by atoms with van der Waals surface area (Å²) in [5, 5.41) is 2.85. The second-order valence-corrected chi connectivity index (χ2v) is 5.36. The highest BCUT2D eigenvalue weighted by molar-refractivity contribution is 5.89. The molecule has 0 bridgehead atoms. The Bertz CT molecular complexity index is 487. The Hall–Kier alpha value is -1.59. The van der Waals surface area contributed by atoms with Crippen LogP contribution in [-0.4, -0.2) is 31.1 Å². The Balaban J connectivity index is 0.00000441. The van der Waals surface area contributed by atoms with Crippen LogP contribution in [0.2, 0.25) is 0 Å². The van der Waals surface area contributed by atoms with E-state index in [0.717, 1.165) is 12.0 Å². The van der Waals surface area contributed by atoms with Gasteiger partial charge in [-0.1, -0.05) is 25.5 Å². The number of benzene rings is 1. The zero-order valence-corrected chi connectivity index (χ0v) is 14.2. The molecular weight excluding hydrogens is 304 g/mol. The predicted molar refractivity (Wildman–Crippen MR) is 89.2 cm³/mol. The third-order valence-corrected chi connectivity index (χ3v) is 3.36. The fourth-order valence-corrected chi connectivity index (χ4v) is 2.08. The molecule has 6 heteroatoms.